The Kier molecular flexibility index (Phi) is 3.01. The minimum Gasteiger partial charge on any atom is -0.369 e. The molecule has 0 unspecified atom stereocenters. The molecule has 0 N–H and O–H groups in total. The number of halogens is 1. The van der Waals surface area contributed by atoms with Crippen LogP contribution in [-0.4, -0.2) is 24.6 Å². The van der Waals surface area contributed by atoms with Gasteiger partial charge in [-0.15, -0.1) is 0 Å². The number of hydrogen-bond donors (Lipinski definition) is 0. The molecule has 1 aliphatic heterocycles. The Hall–Kier alpha value is -0.340. The van der Waals surface area contributed by atoms with Crippen molar-refractivity contribution in [3.8, 4) is 0 Å². The fraction of sp³-hybridized carbons (Fsp3) is 0.400. The van der Waals surface area contributed by atoms with Crippen LogP contribution >= 0.6 is 23.4 Å². The average Bonchev–Trinajstić information content (AvgIpc) is 2.20. The predicted octanol–water partition coefficient (Wildman–Crippen LogP) is 2.89. The third kappa shape index (κ3) is 2.12. The first kappa shape index (κ1) is 9.22. The molecule has 2 rings (SSSR count). The van der Waals surface area contributed by atoms with Crippen LogP contribution in [0.1, 0.15) is 0 Å². The van der Waals surface area contributed by atoms with Crippen LogP contribution in [-0.2, 0) is 0 Å². The largest absolute Gasteiger partial charge is 0.369 e. The summed E-state index contributed by atoms with van der Waals surface area (Å²) in [5.74, 6) is 2.43. The highest BCUT2D eigenvalue weighted by Crippen LogP contribution is 2.27. The maximum Gasteiger partial charge on any atom is 0.0639 e. The topological polar surface area (TPSA) is 3.24 Å². The van der Waals surface area contributed by atoms with Crippen LogP contribution < -0.4 is 4.90 Å². The molecule has 0 aromatic heterocycles. The Morgan fingerprint density at radius 2 is 1.85 bits per heavy atom. The van der Waals surface area contributed by atoms with Gasteiger partial charge < -0.3 is 4.90 Å². The summed E-state index contributed by atoms with van der Waals surface area (Å²) < 4.78 is 0. The normalized spacial score (nSPS) is 17.5. The van der Waals surface area contributed by atoms with E-state index in [1.807, 2.05) is 30.0 Å². The number of anilines is 1. The van der Waals surface area contributed by atoms with Gasteiger partial charge >= 0.3 is 0 Å². The summed E-state index contributed by atoms with van der Waals surface area (Å²) in [6.45, 7) is 2.24. The number of para-hydroxylation sites is 1. The van der Waals surface area contributed by atoms with Gasteiger partial charge in [0.15, 0.2) is 0 Å². The number of rotatable bonds is 1. The van der Waals surface area contributed by atoms with Gasteiger partial charge in [0.25, 0.3) is 0 Å². The molecule has 1 nitrogen and oxygen atoms in total. The Labute approximate surface area is 88.1 Å². The highest BCUT2D eigenvalue weighted by Gasteiger charge is 2.12. The van der Waals surface area contributed by atoms with Crippen LogP contribution in [0.15, 0.2) is 24.3 Å². The van der Waals surface area contributed by atoms with Crippen molar-refractivity contribution in [1.82, 2.24) is 0 Å². The van der Waals surface area contributed by atoms with Crippen LogP contribution in [0.4, 0.5) is 5.69 Å². The fourth-order valence-corrected chi connectivity index (χ4v) is 2.67. The van der Waals surface area contributed by atoms with Crippen molar-refractivity contribution in [1.29, 1.82) is 0 Å². The first-order valence-electron chi connectivity index (χ1n) is 4.45. The zero-order chi connectivity index (χ0) is 9.10. The minimum absolute atomic E-state index is 0.870. The monoisotopic (exact) mass is 213 g/mol. The molecule has 0 spiro atoms. The highest BCUT2D eigenvalue weighted by molar-refractivity contribution is 7.99. The van der Waals surface area contributed by atoms with E-state index in [2.05, 4.69) is 11.0 Å². The predicted molar refractivity (Wildman–Crippen MR) is 61.0 cm³/mol. The molecule has 0 bridgehead atoms. The van der Waals surface area contributed by atoms with Gasteiger partial charge in [0, 0.05) is 24.6 Å². The lowest BCUT2D eigenvalue weighted by Gasteiger charge is -2.29. The van der Waals surface area contributed by atoms with E-state index in [4.69, 9.17) is 11.6 Å². The third-order valence-corrected chi connectivity index (χ3v) is 3.47. The first-order chi connectivity index (χ1) is 6.38. The van der Waals surface area contributed by atoms with Crippen molar-refractivity contribution in [2.24, 2.45) is 0 Å². The molecule has 1 aromatic carbocycles. The van der Waals surface area contributed by atoms with Crippen LogP contribution in [0, 0.1) is 0 Å². The van der Waals surface area contributed by atoms with Crippen molar-refractivity contribution in [3.63, 3.8) is 0 Å². The molecule has 70 valence electrons. The van der Waals surface area contributed by atoms with E-state index in [0.717, 1.165) is 18.1 Å². The van der Waals surface area contributed by atoms with Gasteiger partial charge in [-0.2, -0.15) is 11.8 Å². The van der Waals surface area contributed by atoms with Crippen LogP contribution in [0.3, 0.4) is 0 Å². The second kappa shape index (κ2) is 4.25. The van der Waals surface area contributed by atoms with E-state index < -0.39 is 0 Å². The Bertz CT molecular complexity index is 284. The van der Waals surface area contributed by atoms with Crippen LogP contribution in [0.5, 0.6) is 0 Å². The van der Waals surface area contributed by atoms with E-state index in [0.29, 0.717) is 0 Å². The standard InChI is InChI=1S/C10H12ClNS/c11-9-3-1-2-4-10(9)12-5-7-13-8-6-12/h1-4H,5-8H2. The molecule has 1 saturated heterocycles. The molecule has 0 atom stereocenters. The SMILES string of the molecule is Clc1ccccc1N1CCSCC1. The zero-order valence-corrected chi connectivity index (χ0v) is 8.94. The van der Waals surface area contributed by atoms with E-state index in [1.54, 1.807) is 0 Å². The molecule has 1 aromatic rings. The lowest BCUT2D eigenvalue weighted by molar-refractivity contribution is 0.859. The van der Waals surface area contributed by atoms with E-state index in [-0.39, 0.29) is 0 Å². The van der Waals surface area contributed by atoms with Crippen molar-refractivity contribution in [2.45, 2.75) is 0 Å². The summed E-state index contributed by atoms with van der Waals surface area (Å²) in [5.41, 5.74) is 1.18. The number of hydrogen-bond acceptors (Lipinski definition) is 2. The maximum absolute atomic E-state index is 6.11. The second-order valence-electron chi connectivity index (χ2n) is 3.05. The van der Waals surface area contributed by atoms with Gasteiger partial charge in [-0.05, 0) is 12.1 Å². The van der Waals surface area contributed by atoms with Crippen molar-refractivity contribution in [3.05, 3.63) is 29.3 Å². The molecule has 3 heteroatoms. The summed E-state index contributed by atoms with van der Waals surface area (Å²) in [4.78, 5) is 2.36. The smallest absolute Gasteiger partial charge is 0.0639 e. The third-order valence-electron chi connectivity index (χ3n) is 2.20. The lowest BCUT2D eigenvalue weighted by atomic mass is 10.3. The molecule has 13 heavy (non-hydrogen) atoms. The van der Waals surface area contributed by atoms with Crippen LogP contribution in [0.2, 0.25) is 5.02 Å². The van der Waals surface area contributed by atoms with E-state index >= 15 is 0 Å². The van der Waals surface area contributed by atoms with Gasteiger partial charge in [0.05, 0.1) is 10.7 Å². The molecule has 0 aliphatic carbocycles. The average molecular weight is 214 g/mol. The Balaban J connectivity index is 2.18. The molecular weight excluding hydrogens is 202 g/mol. The minimum atomic E-state index is 0.870. The number of benzene rings is 1. The van der Waals surface area contributed by atoms with Gasteiger partial charge in [-0.25, -0.2) is 0 Å². The molecule has 1 aliphatic rings. The summed E-state index contributed by atoms with van der Waals surface area (Å²) in [6, 6.07) is 8.07. The fourth-order valence-electron chi connectivity index (χ4n) is 1.51. The molecular formula is C10H12ClNS. The quantitative estimate of drug-likeness (QED) is 0.706. The summed E-state index contributed by atoms with van der Waals surface area (Å²) in [7, 11) is 0. The Morgan fingerprint density at radius 1 is 1.15 bits per heavy atom. The molecule has 1 fully saturated rings. The van der Waals surface area contributed by atoms with Crippen molar-refractivity contribution in [2.75, 3.05) is 29.5 Å². The first-order valence-corrected chi connectivity index (χ1v) is 5.98. The maximum atomic E-state index is 6.11. The molecule has 1 heterocycles. The van der Waals surface area contributed by atoms with Crippen LogP contribution in [0.25, 0.3) is 0 Å². The van der Waals surface area contributed by atoms with Crippen molar-refractivity contribution < 1.29 is 0 Å². The highest BCUT2D eigenvalue weighted by atomic mass is 35.5. The van der Waals surface area contributed by atoms with Gasteiger partial charge in [-0.1, -0.05) is 23.7 Å². The number of thioether (sulfide) groups is 1. The second-order valence-corrected chi connectivity index (χ2v) is 4.68. The van der Waals surface area contributed by atoms with Crippen molar-refractivity contribution >= 4 is 29.1 Å². The summed E-state index contributed by atoms with van der Waals surface area (Å²) in [5, 5.41) is 0.870. The zero-order valence-electron chi connectivity index (χ0n) is 7.37. The van der Waals surface area contributed by atoms with E-state index in [1.165, 1.54) is 17.2 Å². The van der Waals surface area contributed by atoms with Gasteiger partial charge in [0.1, 0.15) is 0 Å². The van der Waals surface area contributed by atoms with Gasteiger partial charge in [-0.3, -0.25) is 0 Å². The van der Waals surface area contributed by atoms with E-state index in [9.17, 15) is 0 Å². The molecule has 0 amide bonds. The molecule has 0 radical (unpaired) electrons. The lowest BCUT2D eigenvalue weighted by Crippen LogP contribution is -2.32. The summed E-state index contributed by atoms with van der Waals surface area (Å²) >= 11 is 8.12. The number of nitrogens with zero attached hydrogens (tertiary/aromatic N) is 1. The summed E-state index contributed by atoms with van der Waals surface area (Å²) in [6.07, 6.45) is 0. The van der Waals surface area contributed by atoms with Gasteiger partial charge in [0.2, 0.25) is 0 Å². The Morgan fingerprint density at radius 3 is 2.54 bits per heavy atom. The molecule has 0 saturated carbocycles.